The van der Waals surface area contributed by atoms with Crippen molar-refractivity contribution in [2.24, 2.45) is 5.92 Å². The number of nitrogens with one attached hydrogen (secondary N) is 2. The highest BCUT2D eigenvalue weighted by Crippen LogP contribution is 2.26. The number of alkyl carbamates (subject to hydrolysis) is 1. The van der Waals surface area contributed by atoms with Crippen LogP contribution in [0.2, 0.25) is 0 Å². The lowest BCUT2D eigenvalue weighted by atomic mass is 9.97. The van der Waals surface area contributed by atoms with E-state index in [0.29, 0.717) is 13.0 Å². The number of aryl methyl sites for hydroxylation is 1. The van der Waals surface area contributed by atoms with Gasteiger partial charge in [0, 0.05) is 12.6 Å². The second-order valence-electron chi connectivity index (χ2n) is 12.8. The summed E-state index contributed by atoms with van der Waals surface area (Å²) < 4.78 is 5.51. The Kier molecular flexibility index (Phi) is 16.7. The molecule has 0 aliphatic carbocycles. The number of carbonyl (C=O) groups is 3. The van der Waals surface area contributed by atoms with E-state index in [9.17, 15) is 14.4 Å². The van der Waals surface area contributed by atoms with Gasteiger partial charge < -0.3 is 20.3 Å². The van der Waals surface area contributed by atoms with Gasteiger partial charge in [0.15, 0.2) is 0 Å². The molecule has 7 heteroatoms. The van der Waals surface area contributed by atoms with Gasteiger partial charge >= 0.3 is 6.09 Å². The lowest BCUT2D eigenvalue weighted by molar-refractivity contribution is -0.143. The molecule has 0 saturated heterocycles. The average molecular weight is 574 g/mol. The molecule has 1 aromatic carbocycles. The highest BCUT2D eigenvalue weighted by Gasteiger charge is 2.36. The molecule has 0 fully saturated rings. The number of hydrogen-bond donors (Lipinski definition) is 2. The van der Waals surface area contributed by atoms with E-state index >= 15 is 0 Å². The molecule has 0 spiro atoms. The first-order valence-corrected chi connectivity index (χ1v) is 16.0. The number of nitrogens with zero attached hydrogens (tertiary/aromatic N) is 1. The largest absolute Gasteiger partial charge is 0.444 e. The van der Waals surface area contributed by atoms with E-state index < -0.39 is 23.8 Å². The van der Waals surface area contributed by atoms with Gasteiger partial charge in [-0.3, -0.25) is 9.59 Å². The van der Waals surface area contributed by atoms with Crippen LogP contribution in [0.5, 0.6) is 0 Å². The lowest BCUT2D eigenvalue weighted by Gasteiger charge is -2.35. The maximum absolute atomic E-state index is 14.4. The van der Waals surface area contributed by atoms with Crippen molar-refractivity contribution < 1.29 is 19.1 Å². The monoisotopic (exact) mass is 573 g/mol. The van der Waals surface area contributed by atoms with Gasteiger partial charge in [-0.2, -0.15) is 0 Å². The number of amides is 3. The maximum Gasteiger partial charge on any atom is 0.408 e. The van der Waals surface area contributed by atoms with Crippen LogP contribution in [-0.2, 0) is 20.7 Å². The van der Waals surface area contributed by atoms with E-state index in [1.165, 1.54) is 18.4 Å². The van der Waals surface area contributed by atoms with Crippen LogP contribution >= 0.6 is 0 Å². The molecular formula is C34H59N3O4. The van der Waals surface area contributed by atoms with Gasteiger partial charge in [0.2, 0.25) is 11.8 Å². The standard InChI is InChI=1S/C34H59N3O4/c1-10-13-14-15-16-17-23-37(32(39)29(24-25(4)5)36-33(40)41-34(7,8)9)30(31(38)35-26(6)18-11-2)28-21-19-27(12-3)20-22-28/h19-22,25-26,29-30H,10-18,23-24H2,1-9H3,(H,35,38)(H,36,40). The van der Waals surface area contributed by atoms with Crippen LogP contribution in [0.25, 0.3) is 0 Å². The predicted octanol–water partition coefficient (Wildman–Crippen LogP) is 7.72. The number of carbonyl (C=O) groups excluding carboxylic acids is 3. The molecule has 3 unspecified atom stereocenters. The third-order valence-electron chi connectivity index (χ3n) is 7.11. The van der Waals surface area contributed by atoms with E-state index in [-0.39, 0.29) is 23.8 Å². The van der Waals surface area contributed by atoms with Crippen LogP contribution in [0.4, 0.5) is 4.79 Å². The first-order valence-electron chi connectivity index (χ1n) is 16.0. The summed E-state index contributed by atoms with van der Waals surface area (Å²) in [6, 6.07) is 6.39. The molecule has 2 N–H and O–H groups in total. The Morgan fingerprint density at radius 3 is 2.00 bits per heavy atom. The number of hydrogen-bond acceptors (Lipinski definition) is 4. The molecule has 0 aliphatic rings. The molecular weight excluding hydrogens is 514 g/mol. The highest BCUT2D eigenvalue weighted by atomic mass is 16.6. The summed E-state index contributed by atoms with van der Waals surface area (Å²) in [5.41, 5.74) is 1.26. The maximum atomic E-state index is 14.4. The fraction of sp³-hybridized carbons (Fsp3) is 0.735. The summed E-state index contributed by atoms with van der Waals surface area (Å²) >= 11 is 0. The molecule has 41 heavy (non-hydrogen) atoms. The number of ether oxygens (including phenoxy) is 1. The zero-order chi connectivity index (χ0) is 31.0. The number of unbranched alkanes of at least 4 members (excludes halogenated alkanes) is 5. The minimum atomic E-state index is -0.803. The van der Waals surface area contributed by atoms with Crippen molar-refractivity contribution in [2.45, 2.75) is 150 Å². The molecule has 0 aliphatic heterocycles. The quantitative estimate of drug-likeness (QED) is 0.176. The first-order chi connectivity index (χ1) is 19.3. The molecule has 0 heterocycles. The van der Waals surface area contributed by atoms with Crippen molar-refractivity contribution in [3.8, 4) is 0 Å². The Morgan fingerprint density at radius 1 is 0.854 bits per heavy atom. The topological polar surface area (TPSA) is 87.7 Å². The molecule has 0 aromatic heterocycles. The zero-order valence-corrected chi connectivity index (χ0v) is 27.5. The lowest BCUT2D eigenvalue weighted by Crippen LogP contribution is -2.54. The van der Waals surface area contributed by atoms with Crippen molar-refractivity contribution >= 4 is 17.9 Å². The van der Waals surface area contributed by atoms with Gasteiger partial charge in [-0.25, -0.2) is 4.79 Å². The van der Waals surface area contributed by atoms with E-state index in [4.69, 9.17) is 4.74 Å². The fourth-order valence-corrected chi connectivity index (χ4v) is 5.01. The smallest absolute Gasteiger partial charge is 0.408 e. The minimum absolute atomic E-state index is 0.0118. The summed E-state index contributed by atoms with van der Waals surface area (Å²) in [6.07, 6.45) is 8.91. The second-order valence-corrected chi connectivity index (χ2v) is 12.8. The van der Waals surface area contributed by atoms with Crippen LogP contribution in [0, 0.1) is 5.92 Å². The normalized spacial score (nSPS) is 13.8. The number of rotatable bonds is 18. The molecule has 3 atom stereocenters. The summed E-state index contributed by atoms with van der Waals surface area (Å²) in [5.74, 6) is -0.286. The Labute approximate surface area is 250 Å². The van der Waals surface area contributed by atoms with Crippen LogP contribution in [-0.4, -0.2) is 47.0 Å². The van der Waals surface area contributed by atoms with Crippen LogP contribution < -0.4 is 10.6 Å². The summed E-state index contributed by atoms with van der Waals surface area (Å²) in [4.78, 5) is 42.8. The third-order valence-corrected chi connectivity index (χ3v) is 7.11. The molecule has 234 valence electrons. The SMILES string of the molecule is CCCCCCCCN(C(=O)C(CC(C)C)NC(=O)OC(C)(C)C)C(C(=O)NC(C)CCC)c1ccc(CC)cc1. The fourth-order valence-electron chi connectivity index (χ4n) is 5.01. The van der Waals surface area contributed by atoms with E-state index in [1.54, 1.807) is 25.7 Å². The van der Waals surface area contributed by atoms with E-state index in [2.05, 4.69) is 31.4 Å². The molecule has 1 aromatic rings. The van der Waals surface area contributed by atoms with Crippen molar-refractivity contribution in [3.05, 3.63) is 35.4 Å². The van der Waals surface area contributed by atoms with Gasteiger partial charge in [0.05, 0.1) is 0 Å². The predicted molar refractivity (Wildman–Crippen MR) is 169 cm³/mol. The Balaban J connectivity index is 3.48. The molecule has 7 nitrogen and oxygen atoms in total. The Morgan fingerprint density at radius 2 is 1.46 bits per heavy atom. The van der Waals surface area contributed by atoms with Crippen molar-refractivity contribution in [2.75, 3.05) is 6.54 Å². The minimum Gasteiger partial charge on any atom is -0.444 e. The van der Waals surface area contributed by atoms with Gasteiger partial charge in [0.25, 0.3) is 0 Å². The Hall–Kier alpha value is -2.57. The van der Waals surface area contributed by atoms with Crippen LogP contribution in [0.1, 0.15) is 137 Å². The second kappa shape index (κ2) is 18.8. The highest BCUT2D eigenvalue weighted by molar-refractivity contribution is 5.92. The van der Waals surface area contributed by atoms with Crippen molar-refractivity contribution in [3.63, 3.8) is 0 Å². The van der Waals surface area contributed by atoms with Gasteiger partial charge in [-0.1, -0.05) is 97.4 Å². The summed E-state index contributed by atoms with van der Waals surface area (Å²) in [5, 5.41) is 6.01. The molecule has 0 radical (unpaired) electrons. The van der Waals surface area contributed by atoms with Gasteiger partial charge in [0.1, 0.15) is 17.7 Å². The molecule has 0 saturated carbocycles. The van der Waals surface area contributed by atoms with E-state index in [1.807, 2.05) is 45.0 Å². The molecule has 0 bridgehead atoms. The van der Waals surface area contributed by atoms with Crippen molar-refractivity contribution in [1.29, 1.82) is 0 Å². The average Bonchev–Trinajstić information content (AvgIpc) is 2.88. The van der Waals surface area contributed by atoms with E-state index in [0.717, 1.165) is 50.5 Å². The third kappa shape index (κ3) is 14.2. The first kappa shape index (κ1) is 36.5. The van der Waals surface area contributed by atoms with Crippen LogP contribution in [0.3, 0.4) is 0 Å². The summed E-state index contributed by atoms with van der Waals surface area (Å²) in [7, 11) is 0. The van der Waals surface area contributed by atoms with Crippen molar-refractivity contribution in [1.82, 2.24) is 15.5 Å². The van der Waals surface area contributed by atoms with Gasteiger partial charge in [-0.05, 0) is 70.4 Å². The Bertz CT molecular complexity index is 908. The zero-order valence-electron chi connectivity index (χ0n) is 27.5. The number of benzene rings is 1. The molecule has 1 rings (SSSR count). The summed E-state index contributed by atoms with van der Waals surface area (Å²) in [6.45, 7) is 18.3. The van der Waals surface area contributed by atoms with Gasteiger partial charge in [-0.15, -0.1) is 0 Å². The molecule has 3 amide bonds. The van der Waals surface area contributed by atoms with Crippen LogP contribution in [0.15, 0.2) is 24.3 Å².